The van der Waals surface area contributed by atoms with Crippen molar-refractivity contribution in [1.29, 1.82) is 0 Å². The summed E-state index contributed by atoms with van der Waals surface area (Å²) >= 11 is 0. The van der Waals surface area contributed by atoms with Crippen LogP contribution in [-0.4, -0.2) is 49.9 Å². The van der Waals surface area contributed by atoms with Gasteiger partial charge in [-0.15, -0.1) is 0 Å². The molecule has 2 atom stereocenters. The van der Waals surface area contributed by atoms with Crippen LogP contribution in [0, 0.1) is 32.1 Å². The number of hydrazine groups is 1. The third kappa shape index (κ3) is 4.35. The summed E-state index contributed by atoms with van der Waals surface area (Å²) in [5.41, 5.74) is -0.294. The van der Waals surface area contributed by atoms with E-state index in [2.05, 4.69) is 0 Å². The largest absolute Gasteiger partial charge is 0.292 e. The van der Waals surface area contributed by atoms with Gasteiger partial charge in [-0.2, -0.15) is 5.01 Å². The van der Waals surface area contributed by atoms with Crippen LogP contribution in [0.5, 0.6) is 0 Å². The number of nitro benzene ring substituents is 2. The molecule has 0 N–H and O–H groups in total. The highest BCUT2D eigenvalue weighted by atomic mass is 16.6. The summed E-state index contributed by atoms with van der Waals surface area (Å²) in [6, 6.07) is 9.61. The lowest BCUT2D eigenvalue weighted by atomic mass is 9.82. The topological polar surface area (TPSA) is 161 Å². The van der Waals surface area contributed by atoms with Crippen LogP contribution in [0.15, 0.2) is 60.2 Å². The van der Waals surface area contributed by atoms with E-state index in [4.69, 9.17) is 0 Å². The number of amides is 3. The molecule has 2 aromatic rings. The number of Topliss-reactive ketones (excluding diaryl/α,β-unsaturated/α-hetero) is 1. The van der Waals surface area contributed by atoms with Gasteiger partial charge in [0, 0.05) is 23.8 Å². The summed E-state index contributed by atoms with van der Waals surface area (Å²) in [4.78, 5) is 74.2. The fourth-order valence-corrected chi connectivity index (χ4v) is 4.44. The van der Waals surface area contributed by atoms with Gasteiger partial charge in [0.15, 0.2) is 5.78 Å². The fourth-order valence-electron chi connectivity index (χ4n) is 4.44. The maximum Gasteiger partial charge on any atom is 0.282 e. The Bertz CT molecular complexity index is 1330. The molecule has 1 fully saturated rings. The Labute approximate surface area is 204 Å². The van der Waals surface area contributed by atoms with Gasteiger partial charge in [0.1, 0.15) is 12.1 Å². The normalized spacial score (nSPS) is 18.9. The van der Waals surface area contributed by atoms with Gasteiger partial charge in [0.2, 0.25) is 0 Å². The molecule has 1 aliphatic carbocycles. The number of benzene rings is 2. The number of imide groups is 1. The van der Waals surface area contributed by atoms with E-state index in [1.165, 1.54) is 30.3 Å². The maximum atomic E-state index is 13.5. The molecule has 2 aromatic carbocycles. The van der Waals surface area contributed by atoms with Crippen LogP contribution in [-0.2, 0) is 9.59 Å². The van der Waals surface area contributed by atoms with Crippen molar-refractivity contribution in [2.75, 3.05) is 6.54 Å². The number of rotatable bonds is 7. The van der Waals surface area contributed by atoms with Gasteiger partial charge < -0.3 is 0 Å². The lowest BCUT2D eigenvalue weighted by molar-refractivity contribution is -0.385. The molecule has 0 radical (unpaired) electrons. The second-order valence-electron chi connectivity index (χ2n) is 8.56. The number of ketones is 1. The number of hydrogen-bond donors (Lipinski definition) is 0. The summed E-state index contributed by atoms with van der Waals surface area (Å²) in [5.74, 6) is -4.54. The minimum absolute atomic E-state index is 0.00464. The number of hydrogen-bond acceptors (Lipinski definition) is 8. The van der Waals surface area contributed by atoms with Crippen LogP contribution >= 0.6 is 0 Å². The average Bonchev–Trinajstić information content (AvgIpc) is 3.10. The number of carbonyl (C=O) groups excluding carboxylic acids is 4. The Morgan fingerprint density at radius 2 is 1.61 bits per heavy atom. The number of allylic oxidation sites excluding steroid dienone is 2. The smallest absolute Gasteiger partial charge is 0.282 e. The Balaban J connectivity index is 1.73. The van der Waals surface area contributed by atoms with Crippen molar-refractivity contribution >= 4 is 34.9 Å². The standard InChI is InChI=1S/C24H20N4O8/c1-14-6-11-17-19(12-14)24(32)26(23(17)31)25(22(30)18-4-2-3-5-20(18)28(35)36)13-21(29)15-7-9-16(10-8-15)27(33)34/h2-10,17,19H,11-13H2,1H3/t17-,19-/m0/s1. The second kappa shape index (κ2) is 9.49. The lowest BCUT2D eigenvalue weighted by Gasteiger charge is -2.30. The zero-order valence-corrected chi connectivity index (χ0v) is 19.0. The van der Waals surface area contributed by atoms with Gasteiger partial charge in [-0.1, -0.05) is 23.8 Å². The van der Waals surface area contributed by atoms with E-state index in [-0.39, 0.29) is 11.3 Å². The number of fused-ring (bicyclic) bond motifs is 1. The van der Waals surface area contributed by atoms with Crippen molar-refractivity contribution in [2.24, 2.45) is 11.8 Å². The van der Waals surface area contributed by atoms with Gasteiger partial charge in [-0.05, 0) is 38.0 Å². The Hall–Kier alpha value is -4.74. The molecular formula is C24H20N4O8. The average molecular weight is 492 g/mol. The molecule has 0 unspecified atom stereocenters. The molecule has 184 valence electrons. The molecule has 0 spiro atoms. The van der Waals surface area contributed by atoms with E-state index >= 15 is 0 Å². The first-order valence-electron chi connectivity index (χ1n) is 11.0. The molecule has 0 saturated carbocycles. The van der Waals surface area contributed by atoms with Crippen molar-refractivity contribution in [3.63, 3.8) is 0 Å². The summed E-state index contributed by atoms with van der Waals surface area (Å²) in [7, 11) is 0. The van der Waals surface area contributed by atoms with Crippen molar-refractivity contribution in [3.05, 3.63) is 91.5 Å². The Morgan fingerprint density at radius 3 is 2.25 bits per heavy atom. The molecule has 0 bridgehead atoms. The molecule has 1 saturated heterocycles. The lowest BCUT2D eigenvalue weighted by Crippen LogP contribution is -2.52. The van der Waals surface area contributed by atoms with E-state index in [9.17, 15) is 39.4 Å². The fraction of sp³-hybridized carbons (Fsp3) is 0.250. The quantitative estimate of drug-likeness (QED) is 0.187. The molecule has 0 aromatic heterocycles. The summed E-state index contributed by atoms with van der Waals surface area (Å²) in [6.07, 6.45) is 2.45. The van der Waals surface area contributed by atoms with Gasteiger partial charge in [-0.3, -0.25) is 39.4 Å². The minimum Gasteiger partial charge on any atom is -0.292 e. The molecule has 4 rings (SSSR count). The van der Waals surface area contributed by atoms with Crippen molar-refractivity contribution in [2.45, 2.75) is 19.8 Å². The first-order chi connectivity index (χ1) is 17.1. The van der Waals surface area contributed by atoms with Crippen LogP contribution in [0.4, 0.5) is 11.4 Å². The number of nitrogens with zero attached hydrogens (tertiary/aromatic N) is 4. The summed E-state index contributed by atoms with van der Waals surface area (Å²) in [5, 5.41) is 23.7. The van der Waals surface area contributed by atoms with Crippen LogP contribution in [0.3, 0.4) is 0 Å². The molecule has 1 heterocycles. The highest BCUT2D eigenvalue weighted by molar-refractivity contribution is 6.10. The van der Waals surface area contributed by atoms with Gasteiger partial charge >= 0.3 is 0 Å². The first-order valence-corrected chi connectivity index (χ1v) is 11.0. The van der Waals surface area contributed by atoms with E-state index in [0.717, 1.165) is 23.8 Å². The zero-order valence-electron chi connectivity index (χ0n) is 19.0. The summed E-state index contributed by atoms with van der Waals surface area (Å²) in [6.45, 7) is 1.04. The van der Waals surface area contributed by atoms with Crippen LogP contribution in [0.2, 0.25) is 0 Å². The SMILES string of the molecule is CC1=CC[C@@H]2C(=O)N(N(CC(=O)c3ccc([N+](=O)[O-])cc3)C(=O)c3ccccc3[N+](=O)[O-])C(=O)[C@H]2C1. The van der Waals surface area contributed by atoms with Crippen molar-refractivity contribution in [1.82, 2.24) is 10.0 Å². The van der Waals surface area contributed by atoms with Crippen LogP contribution in [0.1, 0.15) is 40.5 Å². The third-order valence-corrected chi connectivity index (χ3v) is 6.30. The molecular weight excluding hydrogens is 472 g/mol. The monoisotopic (exact) mass is 492 g/mol. The minimum atomic E-state index is -1.07. The van der Waals surface area contributed by atoms with Crippen molar-refractivity contribution < 1.29 is 29.0 Å². The maximum absolute atomic E-state index is 13.5. The molecule has 2 aliphatic rings. The summed E-state index contributed by atoms with van der Waals surface area (Å²) < 4.78 is 0. The molecule has 12 nitrogen and oxygen atoms in total. The second-order valence-corrected chi connectivity index (χ2v) is 8.56. The number of nitro groups is 2. The highest BCUT2D eigenvalue weighted by Crippen LogP contribution is 2.39. The van der Waals surface area contributed by atoms with Gasteiger partial charge in [0.05, 0.1) is 21.7 Å². The van der Waals surface area contributed by atoms with E-state index in [0.29, 0.717) is 22.9 Å². The molecule has 36 heavy (non-hydrogen) atoms. The predicted octanol–water partition coefficient (Wildman–Crippen LogP) is 3.08. The van der Waals surface area contributed by atoms with Gasteiger partial charge in [-0.25, -0.2) is 5.01 Å². The third-order valence-electron chi connectivity index (χ3n) is 6.30. The zero-order chi connectivity index (χ0) is 26.1. The highest BCUT2D eigenvalue weighted by Gasteiger charge is 2.52. The van der Waals surface area contributed by atoms with Crippen LogP contribution in [0.25, 0.3) is 0 Å². The first kappa shape index (κ1) is 24.4. The molecule has 1 aliphatic heterocycles. The van der Waals surface area contributed by atoms with E-state index < -0.39 is 63.0 Å². The number of non-ortho nitro benzene ring substituents is 1. The van der Waals surface area contributed by atoms with E-state index in [1.807, 2.05) is 13.0 Å². The van der Waals surface area contributed by atoms with E-state index in [1.54, 1.807) is 0 Å². The number of carbonyl (C=O) groups is 4. The number of para-hydroxylation sites is 1. The van der Waals surface area contributed by atoms with Gasteiger partial charge in [0.25, 0.3) is 29.1 Å². The Kier molecular flexibility index (Phi) is 6.43. The molecule has 3 amide bonds. The van der Waals surface area contributed by atoms with Crippen molar-refractivity contribution in [3.8, 4) is 0 Å². The van der Waals surface area contributed by atoms with Crippen LogP contribution < -0.4 is 0 Å². The molecule has 12 heteroatoms. The Morgan fingerprint density at radius 1 is 0.972 bits per heavy atom. The predicted molar refractivity (Wildman–Crippen MR) is 123 cm³/mol.